The van der Waals surface area contributed by atoms with E-state index in [0.29, 0.717) is 105 Å². The molecule has 2 N–H and O–H groups in total. The summed E-state index contributed by atoms with van der Waals surface area (Å²) in [4.78, 5) is 122. The molecule has 0 amide bonds. The maximum absolute atomic E-state index is 13.0. The summed E-state index contributed by atoms with van der Waals surface area (Å²) in [5, 5.41) is 23.4. The highest BCUT2D eigenvalue weighted by Crippen LogP contribution is 2.80. The van der Waals surface area contributed by atoms with Gasteiger partial charge in [0, 0.05) is 123 Å². The van der Waals surface area contributed by atoms with E-state index in [9.17, 15) is 58.2 Å². The van der Waals surface area contributed by atoms with Crippen molar-refractivity contribution in [3.05, 3.63) is 58.7 Å². The van der Waals surface area contributed by atoms with E-state index in [2.05, 4.69) is 67.5 Å². The second-order valence-electron chi connectivity index (χ2n) is 45.6. The third-order valence-electron chi connectivity index (χ3n) is 41.2. The standard InChI is InChI=1S/C32H48O9.C24H30O6.C24H32O4S.C22H28O3/c1-17-29(35)24(37-5)14-27(39-17)41-21-8-10-30(3)20(13-21)6-7-23-22(30)9-11-31(4)28(19-12-26(34)38-16-19)25(40-18(2)33)15-32(23,31)36;1-21-7-4-14(25)10-13(21)11-15(20(27)28-3)19-16-5-8-23(9-6-18(26)30-23)22(16,2)12-17-24(19,21)29-17;1-14(25)29-19-13-15-12-16(26)4-8-22(15,2)17-5-9-23(3)18(21(17)19)6-10-24(23)11-7-20(27)28-24;1-20-9-5-15(23)13-14(20)3-4-16-17(20)6-10-21(2)18(16)7-11-22(21)12-8-19(24)25-22/h12,17,20-25,27-29,35-36H,6-11,13-16H2,1-5H3;10,15-17,19H,4-9,11-12H2,1-3H3;12,17-19,21H,4-11,13H2,1-3H3;3-4,13,16-18H,5-12H2,1-2H3/t17-,20+,21-,22-,23+,24-,25-,27-,28-,29-,30-,31+,32-;15-,16+,17-,19+,21+,22+,23-,24-;17-,18-,19+,21+,22-,23-,24+;16-,17+,18+,20+,21+,22-/m0101/s1. The minimum atomic E-state index is -0.990. The number of ketones is 3. The van der Waals surface area contributed by atoms with Crippen LogP contribution in [0.5, 0.6) is 0 Å². The second kappa shape index (κ2) is 31.0. The summed E-state index contributed by atoms with van der Waals surface area (Å²) in [6, 6.07) is 0. The first-order chi connectivity index (χ1) is 59.2. The minimum absolute atomic E-state index is 0.00570. The van der Waals surface area contributed by atoms with Crippen LogP contribution in [0.15, 0.2) is 58.7 Å². The predicted molar refractivity (Wildman–Crippen MR) is 459 cm³/mol. The molecule has 6 heterocycles. The van der Waals surface area contributed by atoms with Gasteiger partial charge in [0.1, 0.15) is 41.2 Å². The average Bonchev–Trinajstić information content (AvgIpc) is 1.47. The first-order valence-electron chi connectivity index (χ1n) is 48.4. The molecule has 0 aromatic rings. The molecular formula is C102H138O22S. The summed E-state index contributed by atoms with van der Waals surface area (Å²) < 4.78 is 59.1. The lowest BCUT2D eigenvalue weighted by Crippen LogP contribution is -2.63. The number of carbonyl (C=O) groups excluding carboxylic acids is 10. The van der Waals surface area contributed by atoms with Crippen LogP contribution in [-0.2, 0) is 95.3 Å². The molecule has 0 aromatic heterocycles. The summed E-state index contributed by atoms with van der Waals surface area (Å²) in [5.74, 6) is 3.57. The van der Waals surface area contributed by atoms with Crippen molar-refractivity contribution in [2.45, 2.75) is 371 Å². The zero-order chi connectivity index (χ0) is 88.5. The molecule has 22 nitrogen and oxygen atoms in total. The highest BCUT2D eigenvalue weighted by Gasteiger charge is 2.84. The Hall–Kier alpha value is -5.69. The Bertz CT molecular complexity index is 4650. The molecule has 0 unspecified atom stereocenters. The van der Waals surface area contributed by atoms with E-state index in [0.717, 1.165) is 159 Å². The molecule has 0 bridgehead atoms. The number of carbonyl (C=O) groups is 10. The zero-order valence-corrected chi connectivity index (χ0v) is 77.1. The number of thioether (sulfide) groups is 1. The maximum Gasteiger partial charge on any atom is 0.331 e. The van der Waals surface area contributed by atoms with Gasteiger partial charge in [0.15, 0.2) is 28.8 Å². The lowest BCUT2D eigenvalue weighted by Gasteiger charge is -2.63. The summed E-state index contributed by atoms with van der Waals surface area (Å²) in [5.41, 5.74) is 1.68. The minimum Gasteiger partial charge on any atom is -0.469 e. The molecule has 17 fully saturated rings. The molecule has 0 radical (unpaired) electrons. The summed E-state index contributed by atoms with van der Waals surface area (Å²) in [6.07, 6.45) is 39.1. The number of rotatable bonds is 7. The van der Waals surface area contributed by atoms with Crippen LogP contribution in [0.1, 0.15) is 294 Å². The van der Waals surface area contributed by atoms with Crippen LogP contribution >= 0.6 is 11.8 Å². The van der Waals surface area contributed by atoms with Crippen LogP contribution < -0.4 is 0 Å². The van der Waals surface area contributed by atoms with Gasteiger partial charge in [-0.15, -0.1) is 0 Å². The molecule has 16 aliphatic carbocycles. The van der Waals surface area contributed by atoms with E-state index >= 15 is 0 Å². The Balaban J connectivity index is 0.000000111. The fraction of sp³-hybridized carbons (Fsp3) is 0.804. The van der Waals surface area contributed by atoms with Crippen molar-refractivity contribution in [1.82, 2.24) is 0 Å². The van der Waals surface area contributed by atoms with Gasteiger partial charge in [0.2, 0.25) is 0 Å². The topological polar surface area (TPSA) is 307 Å². The summed E-state index contributed by atoms with van der Waals surface area (Å²) >= 11 is 1.50. The van der Waals surface area contributed by atoms with Crippen molar-refractivity contribution >= 4 is 70.0 Å². The third-order valence-corrected chi connectivity index (χ3v) is 42.3. The number of cyclic esters (lactones) is 1. The largest absolute Gasteiger partial charge is 0.469 e. The van der Waals surface area contributed by atoms with Crippen LogP contribution in [-0.4, -0.2) is 165 Å². The summed E-state index contributed by atoms with van der Waals surface area (Å²) in [6.45, 7) is 23.8. The van der Waals surface area contributed by atoms with Gasteiger partial charge < -0.3 is 57.6 Å². The predicted octanol–water partition coefficient (Wildman–Crippen LogP) is 16.0. The van der Waals surface area contributed by atoms with Crippen LogP contribution in [0.4, 0.5) is 0 Å². The van der Waals surface area contributed by atoms with Gasteiger partial charge in [0.05, 0.1) is 43.0 Å². The van der Waals surface area contributed by atoms with Crippen LogP contribution in [0.25, 0.3) is 0 Å². The molecule has 6 aliphatic heterocycles. The first kappa shape index (κ1) is 88.6. The van der Waals surface area contributed by atoms with Crippen molar-refractivity contribution in [2.75, 3.05) is 20.8 Å². The smallest absolute Gasteiger partial charge is 0.331 e. The Kier molecular flexibility index (Phi) is 21.9. The van der Waals surface area contributed by atoms with E-state index in [1.807, 2.05) is 19.1 Å². The molecule has 125 heavy (non-hydrogen) atoms. The molecular weight excluding hydrogens is 1610 g/mol. The lowest BCUT2D eigenvalue weighted by molar-refractivity contribution is -0.273. The van der Waals surface area contributed by atoms with Crippen molar-refractivity contribution in [3.63, 3.8) is 0 Å². The van der Waals surface area contributed by atoms with E-state index in [1.165, 1.54) is 49.8 Å². The Labute approximate surface area is 742 Å². The van der Waals surface area contributed by atoms with Gasteiger partial charge in [0.25, 0.3) is 0 Å². The van der Waals surface area contributed by atoms with Crippen LogP contribution in [0.2, 0.25) is 0 Å². The number of esters is 6. The van der Waals surface area contributed by atoms with E-state index in [4.69, 9.17) is 47.4 Å². The van der Waals surface area contributed by atoms with E-state index in [-0.39, 0.29) is 180 Å². The van der Waals surface area contributed by atoms with Crippen LogP contribution in [0.3, 0.4) is 0 Å². The van der Waals surface area contributed by atoms with Crippen molar-refractivity contribution in [3.8, 4) is 0 Å². The molecule has 12 saturated carbocycles. The number of ether oxygens (including phenoxy) is 10. The highest BCUT2D eigenvalue weighted by molar-refractivity contribution is 8.14. The van der Waals surface area contributed by atoms with Gasteiger partial charge in [-0.2, -0.15) is 0 Å². The molecule has 23 heteroatoms. The molecule has 4 spiro atoms. The van der Waals surface area contributed by atoms with Gasteiger partial charge in [-0.3, -0.25) is 43.2 Å². The number of aliphatic hydroxyl groups excluding tert-OH is 1. The SMILES string of the molecule is CC(=O)S[C@@H]1CC2=CC(=O)CC[C@]2(C)[C@H]2CC[C@@]3(C)[C@@H](CC[C@@]34CCC(=O)O4)[C@H]12.COC(=O)[C@@H]1CC2=CC(=O)CC[C@]2(C)[C@@]23O[C@@H]2C[C@@]2(C)[C@@H](CC[C@@]24CCC(=O)O4)[C@H]13.CO[C@H]1C[C@H](O[C@H]2CC[C@@]3(C)[C@H](CC[C@@H]4[C@@H]3CC[C@]3(C)[C@@H](C5=CC(=O)OC5)[C@@H](OC(C)=O)C[C@]43O)C2)O[C@@H](C)[C@@H]1O.C[C@]12CCC(=O)C=C1C=C[C@@H]1[C@@H]2CC[C@@]2(C)[C@H]1CC[C@@]21CCC(=O)O1. The number of hydrogen-bond donors (Lipinski definition) is 2. The normalized spacial score (nSPS) is 51.0. The molecule has 5 saturated heterocycles. The van der Waals surface area contributed by atoms with Gasteiger partial charge in [-0.05, 0) is 279 Å². The third kappa shape index (κ3) is 13.2. The molecule has 0 aromatic carbocycles. The van der Waals surface area contributed by atoms with Crippen LogP contribution in [0, 0.1) is 120 Å². The molecule has 22 rings (SSSR count). The Morgan fingerprint density at radius 1 is 0.552 bits per heavy atom. The lowest BCUT2D eigenvalue weighted by atomic mass is 9.43. The number of methoxy groups -OCH3 is 2. The Morgan fingerprint density at radius 2 is 1.14 bits per heavy atom. The number of fused-ring (bicyclic) bond motifs is 21. The van der Waals surface area contributed by atoms with Crippen molar-refractivity contribution in [1.29, 1.82) is 0 Å². The highest BCUT2D eigenvalue weighted by atomic mass is 32.2. The van der Waals surface area contributed by atoms with Gasteiger partial charge >= 0.3 is 35.8 Å². The fourth-order valence-electron chi connectivity index (χ4n) is 34.5. The summed E-state index contributed by atoms with van der Waals surface area (Å²) in [7, 11) is 3.07. The quantitative estimate of drug-likeness (QED) is 0.104. The van der Waals surface area contributed by atoms with Gasteiger partial charge in [-0.1, -0.05) is 90.5 Å². The van der Waals surface area contributed by atoms with Crippen molar-refractivity contribution < 1.29 is 106 Å². The average molecular weight is 1750 g/mol. The zero-order valence-electron chi connectivity index (χ0n) is 76.3. The number of hydrogen-bond acceptors (Lipinski definition) is 23. The van der Waals surface area contributed by atoms with E-state index in [1.54, 1.807) is 26.2 Å². The number of epoxide rings is 1. The Morgan fingerprint density at radius 3 is 1.77 bits per heavy atom. The number of allylic oxidation sites excluding steroid dienone is 5. The van der Waals surface area contributed by atoms with E-state index < -0.39 is 34.4 Å². The van der Waals surface area contributed by atoms with Gasteiger partial charge in [-0.25, -0.2) is 4.79 Å². The monoisotopic (exact) mass is 1750 g/mol. The molecule has 22 aliphatic rings. The fourth-order valence-corrected chi connectivity index (χ4v) is 35.7. The molecule has 34 atom stereocenters. The van der Waals surface area contributed by atoms with Crippen molar-refractivity contribution in [2.24, 2.45) is 120 Å². The second-order valence-corrected chi connectivity index (χ2v) is 47.0. The molecule has 684 valence electrons. The number of aliphatic hydroxyl groups is 2. The maximum atomic E-state index is 13.0. The first-order valence-corrected chi connectivity index (χ1v) is 49.3.